The van der Waals surface area contributed by atoms with Gasteiger partial charge in [-0.2, -0.15) is 5.26 Å². The van der Waals surface area contributed by atoms with Crippen LogP contribution in [-0.4, -0.2) is 27.4 Å². The normalized spacial score (nSPS) is 11.0. The first-order chi connectivity index (χ1) is 12.3. The Morgan fingerprint density at radius 1 is 1.27 bits per heavy atom. The zero-order valence-electron chi connectivity index (χ0n) is 14.4. The molecule has 8 heteroatoms. The van der Waals surface area contributed by atoms with Gasteiger partial charge in [-0.3, -0.25) is 4.79 Å². The Labute approximate surface area is 158 Å². The van der Waals surface area contributed by atoms with Crippen molar-refractivity contribution in [2.75, 3.05) is 18.0 Å². The van der Waals surface area contributed by atoms with Crippen LogP contribution in [0.1, 0.15) is 18.1 Å². The molecule has 136 valence electrons. The molecule has 0 heterocycles. The molecule has 0 aliphatic rings. The van der Waals surface area contributed by atoms with Gasteiger partial charge in [0.05, 0.1) is 16.1 Å². The van der Waals surface area contributed by atoms with Crippen LogP contribution in [0.5, 0.6) is 0 Å². The molecule has 0 bridgehead atoms. The molecule has 0 saturated heterocycles. The van der Waals surface area contributed by atoms with Gasteiger partial charge < -0.3 is 4.90 Å². The van der Waals surface area contributed by atoms with Gasteiger partial charge in [0.2, 0.25) is 15.9 Å². The van der Waals surface area contributed by atoms with Crippen LogP contribution in [0.25, 0.3) is 0 Å². The summed E-state index contributed by atoms with van der Waals surface area (Å²) in [7, 11) is -3.73. The van der Waals surface area contributed by atoms with Gasteiger partial charge in [0.25, 0.3) is 0 Å². The SMILES string of the molecule is CC(=O)N(CCNS(=O)(=O)c1ccc(Cl)c(C)c1)c1ccccc1C#N. The summed E-state index contributed by atoms with van der Waals surface area (Å²) in [5, 5.41) is 9.68. The second-order valence-electron chi connectivity index (χ2n) is 5.61. The smallest absolute Gasteiger partial charge is 0.240 e. The highest BCUT2D eigenvalue weighted by Gasteiger charge is 2.18. The molecule has 0 aliphatic carbocycles. The number of para-hydroxylation sites is 1. The van der Waals surface area contributed by atoms with Crippen molar-refractivity contribution in [3.05, 3.63) is 58.6 Å². The molecular formula is C18H18ClN3O3S. The number of anilines is 1. The van der Waals surface area contributed by atoms with Crippen molar-refractivity contribution in [1.82, 2.24) is 4.72 Å². The first kappa shape index (κ1) is 19.9. The number of sulfonamides is 1. The average molecular weight is 392 g/mol. The van der Waals surface area contributed by atoms with Crippen molar-refractivity contribution in [2.45, 2.75) is 18.7 Å². The van der Waals surface area contributed by atoms with Crippen molar-refractivity contribution >= 4 is 33.2 Å². The zero-order chi connectivity index (χ0) is 19.3. The second-order valence-corrected chi connectivity index (χ2v) is 7.78. The van der Waals surface area contributed by atoms with E-state index in [1.165, 1.54) is 30.0 Å². The second kappa shape index (κ2) is 8.32. The van der Waals surface area contributed by atoms with E-state index < -0.39 is 10.0 Å². The summed E-state index contributed by atoms with van der Waals surface area (Å²) in [6, 6.07) is 13.1. The van der Waals surface area contributed by atoms with E-state index in [1.807, 2.05) is 6.07 Å². The van der Waals surface area contributed by atoms with Gasteiger partial charge >= 0.3 is 0 Å². The molecule has 0 spiro atoms. The van der Waals surface area contributed by atoms with E-state index in [0.717, 1.165) is 0 Å². The van der Waals surface area contributed by atoms with Crippen molar-refractivity contribution in [2.24, 2.45) is 0 Å². The Bertz CT molecular complexity index is 968. The van der Waals surface area contributed by atoms with E-state index in [0.29, 0.717) is 21.8 Å². The fourth-order valence-corrected chi connectivity index (χ4v) is 3.63. The summed E-state index contributed by atoms with van der Waals surface area (Å²) < 4.78 is 27.3. The number of carbonyl (C=O) groups excluding carboxylic acids is 1. The fourth-order valence-electron chi connectivity index (χ4n) is 2.41. The van der Waals surface area contributed by atoms with Crippen LogP contribution in [-0.2, 0) is 14.8 Å². The highest BCUT2D eigenvalue weighted by molar-refractivity contribution is 7.89. The molecule has 0 saturated carbocycles. The van der Waals surface area contributed by atoms with Crippen LogP contribution in [0.2, 0.25) is 5.02 Å². The molecule has 0 fully saturated rings. The number of hydrogen-bond donors (Lipinski definition) is 1. The minimum absolute atomic E-state index is 0.00332. The first-order valence-corrected chi connectivity index (χ1v) is 9.65. The van der Waals surface area contributed by atoms with Crippen molar-refractivity contribution in [1.29, 1.82) is 5.26 Å². The van der Waals surface area contributed by atoms with Crippen LogP contribution < -0.4 is 9.62 Å². The van der Waals surface area contributed by atoms with Gasteiger partial charge in [-0.15, -0.1) is 0 Å². The lowest BCUT2D eigenvalue weighted by molar-refractivity contribution is -0.116. The van der Waals surface area contributed by atoms with E-state index in [9.17, 15) is 18.5 Å². The highest BCUT2D eigenvalue weighted by atomic mass is 35.5. The maximum absolute atomic E-state index is 12.4. The van der Waals surface area contributed by atoms with Crippen molar-refractivity contribution in [3.8, 4) is 6.07 Å². The Hall–Kier alpha value is -2.40. The lowest BCUT2D eigenvalue weighted by Gasteiger charge is -2.22. The third kappa shape index (κ3) is 4.61. The number of nitriles is 1. The van der Waals surface area contributed by atoms with Gasteiger partial charge in [-0.05, 0) is 42.8 Å². The number of aryl methyl sites for hydroxylation is 1. The van der Waals surface area contributed by atoms with Gasteiger partial charge in [-0.25, -0.2) is 13.1 Å². The molecule has 26 heavy (non-hydrogen) atoms. The van der Waals surface area contributed by atoms with Crippen molar-refractivity contribution in [3.63, 3.8) is 0 Å². The van der Waals surface area contributed by atoms with Crippen LogP contribution in [0.15, 0.2) is 47.4 Å². The zero-order valence-corrected chi connectivity index (χ0v) is 15.9. The maximum Gasteiger partial charge on any atom is 0.240 e. The molecule has 1 amide bonds. The van der Waals surface area contributed by atoms with Crippen molar-refractivity contribution < 1.29 is 13.2 Å². The van der Waals surface area contributed by atoms with Gasteiger partial charge in [0.1, 0.15) is 6.07 Å². The Balaban J connectivity index is 2.14. The molecule has 2 rings (SSSR count). The topological polar surface area (TPSA) is 90.3 Å². The molecular weight excluding hydrogens is 374 g/mol. The van der Waals surface area contributed by atoms with E-state index in [1.54, 1.807) is 31.2 Å². The lowest BCUT2D eigenvalue weighted by Crippen LogP contribution is -2.38. The molecule has 6 nitrogen and oxygen atoms in total. The molecule has 0 aromatic heterocycles. The highest BCUT2D eigenvalue weighted by Crippen LogP contribution is 2.21. The Morgan fingerprint density at radius 3 is 2.58 bits per heavy atom. The summed E-state index contributed by atoms with van der Waals surface area (Å²) >= 11 is 5.92. The van der Waals surface area contributed by atoms with Crippen LogP contribution in [0.4, 0.5) is 5.69 Å². The van der Waals surface area contributed by atoms with Crippen LogP contribution in [0, 0.1) is 18.3 Å². The first-order valence-electron chi connectivity index (χ1n) is 7.79. The number of nitrogens with one attached hydrogen (secondary N) is 1. The summed E-state index contributed by atoms with van der Waals surface area (Å²) in [5.74, 6) is -0.283. The number of nitrogens with zero attached hydrogens (tertiary/aromatic N) is 2. The summed E-state index contributed by atoms with van der Waals surface area (Å²) in [6.45, 7) is 3.19. The van der Waals surface area contributed by atoms with E-state index >= 15 is 0 Å². The monoisotopic (exact) mass is 391 g/mol. The Morgan fingerprint density at radius 2 is 1.96 bits per heavy atom. The predicted octanol–water partition coefficient (Wildman–Crippen LogP) is 2.85. The van der Waals surface area contributed by atoms with E-state index in [4.69, 9.17) is 11.6 Å². The predicted molar refractivity (Wildman–Crippen MR) is 101 cm³/mol. The number of carbonyl (C=O) groups is 1. The Kier molecular flexibility index (Phi) is 6.37. The van der Waals surface area contributed by atoms with Crippen LogP contribution in [0.3, 0.4) is 0 Å². The largest absolute Gasteiger partial charge is 0.310 e. The van der Waals surface area contributed by atoms with E-state index in [2.05, 4.69) is 4.72 Å². The third-order valence-electron chi connectivity index (χ3n) is 3.76. The quantitative estimate of drug-likeness (QED) is 0.819. The standard InChI is InChI=1S/C18H18ClN3O3S/c1-13-11-16(7-8-17(13)19)26(24,25)21-9-10-22(14(2)23)18-6-4-3-5-15(18)12-20/h3-8,11,21H,9-10H2,1-2H3. The molecule has 1 N–H and O–H groups in total. The molecule has 0 unspecified atom stereocenters. The number of benzene rings is 2. The molecule has 0 radical (unpaired) electrons. The summed E-state index contributed by atoms with van der Waals surface area (Å²) in [4.78, 5) is 13.4. The number of hydrogen-bond acceptors (Lipinski definition) is 4. The lowest BCUT2D eigenvalue weighted by atomic mass is 10.1. The van der Waals surface area contributed by atoms with Gasteiger partial charge in [-0.1, -0.05) is 23.7 Å². The maximum atomic E-state index is 12.4. The molecule has 0 atom stereocenters. The van der Waals surface area contributed by atoms with Gasteiger partial charge in [0.15, 0.2) is 0 Å². The average Bonchev–Trinajstić information content (AvgIpc) is 2.60. The number of halogens is 1. The minimum atomic E-state index is -3.73. The van der Waals surface area contributed by atoms with Crippen LogP contribution >= 0.6 is 11.6 Å². The number of rotatable bonds is 6. The molecule has 0 aliphatic heterocycles. The third-order valence-corrected chi connectivity index (χ3v) is 5.65. The molecule has 2 aromatic rings. The summed E-state index contributed by atoms with van der Waals surface area (Å²) in [6.07, 6.45) is 0. The van der Waals surface area contributed by atoms with E-state index in [-0.39, 0.29) is 23.9 Å². The summed E-state index contributed by atoms with van der Waals surface area (Å²) in [5.41, 5.74) is 1.45. The minimum Gasteiger partial charge on any atom is -0.310 e. The fraction of sp³-hybridized carbons (Fsp3) is 0.222. The number of amides is 1. The van der Waals surface area contributed by atoms with Gasteiger partial charge in [0, 0.05) is 25.0 Å². The molecule has 2 aromatic carbocycles.